The molecule has 122 valence electrons. The van der Waals surface area contributed by atoms with Gasteiger partial charge in [0.2, 0.25) is 15.9 Å². The molecule has 1 aromatic rings. The van der Waals surface area contributed by atoms with Gasteiger partial charge >= 0.3 is 0 Å². The van der Waals surface area contributed by atoms with Crippen LogP contribution in [0.15, 0.2) is 23.1 Å². The van der Waals surface area contributed by atoms with Crippen molar-refractivity contribution in [3.8, 4) is 0 Å². The first-order valence-electron chi connectivity index (χ1n) is 7.09. The van der Waals surface area contributed by atoms with E-state index in [1.165, 1.54) is 0 Å². The first kappa shape index (κ1) is 16.8. The van der Waals surface area contributed by atoms with Crippen LogP contribution in [0.3, 0.4) is 0 Å². The SMILES string of the molecule is CCC(=O)N1CCCN(S(=O)(=O)c2cc(F)ccc2F)CC1. The van der Waals surface area contributed by atoms with Crippen LogP contribution < -0.4 is 0 Å². The van der Waals surface area contributed by atoms with E-state index in [0.717, 1.165) is 16.4 Å². The zero-order chi connectivity index (χ0) is 16.3. The van der Waals surface area contributed by atoms with Crippen LogP contribution in [-0.4, -0.2) is 49.7 Å². The Morgan fingerprint density at radius 1 is 1.18 bits per heavy atom. The highest BCUT2D eigenvalue weighted by Gasteiger charge is 2.30. The van der Waals surface area contributed by atoms with Crippen molar-refractivity contribution in [1.29, 1.82) is 0 Å². The maximum atomic E-state index is 13.7. The number of rotatable bonds is 3. The van der Waals surface area contributed by atoms with Gasteiger partial charge < -0.3 is 4.90 Å². The van der Waals surface area contributed by atoms with Gasteiger partial charge in [-0.25, -0.2) is 17.2 Å². The Kier molecular flexibility index (Phi) is 5.12. The second kappa shape index (κ2) is 6.70. The van der Waals surface area contributed by atoms with Crippen LogP contribution in [0, 0.1) is 11.6 Å². The maximum Gasteiger partial charge on any atom is 0.246 e. The van der Waals surface area contributed by atoms with E-state index in [4.69, 9.17) is 0 Å². The third kappa shape index (κ3) is 3.44. The predicted molar refractivity (Wildman–Crippen MR) is 76.6 cm³/mol. The smallest absolute Gasteiger partial charge is 0.246 e. The van der Waals surface area contributed by atoms with Crippen molar-refractivity contribution in [2.75, 3.05) is 26.2 Å². The molecule has 2 rings (SSSR count). The summed E-state index contributed by atoms with van der Waals surface area (Å²) in [6.45, 7) is 2.70. The number of halogens is 2. The lowest BCUT2D eigenvalue weighted by Gasteiger charge is -2.21. The Bertz CT molecular complexity index is 664. The minimum atomic E-state index is -4.11. The molecule has 22 heavy (non-hydrogen) atoms. The molecule has 0 bridgehead atoms. The predicted octanol–water partition coefficient (Wildman–Crippen LogP) is 1.60. The van der Waals surface area contributed by atoms with E-state index in [2.05, 4.69) is 0 Å². The van der Waals surface area contributed by atoms with E-state index in [1.807, 2.05) is 0 Å². The van der Waals surface area contributed by atoms with Gasteiger partial charge in [0, 0.05) is 32.6 Å². The molecule has 1 aliphatic heterocycles. The molecule has 0 aromatic heterocycles. The molecule has 1 aliphatic rings. The fourth-order valence-corrected chi connectivity index (χ4v) is 3.97. The number of hydrogen-bond acceptors (Lipinski definition) is 3. The lowest BCUT2D eigenvalue weighted by atomic mass is 10.3. The monoisotopic (exact) mass is 332 g/mol. The summed E-state index contributed by atoms with van der Waals surface area (Å²) < 4.78 is 53.0. The Labute approximate surface area is 128 Å². The van der Waals surface area contributed by atoms with Crippen molar-refractivity contribution < 1.29 is 22.0 Å². The summed E-state index contributed by atoms with van der Waals surface area (Å²) in [5.74, 6) is -1.83. The summed E-state index contributed by atoms with van der Waals surface area (Å²) in [5, 5.41) is 0. The molecule has 0 unspecified atom stereocenters. The van der Waals surface area contributed by atoms with Crippen LogP contribution in [0.1, 0.15) is 19.8 Å². The molecular formula is C14H18F2N2O3S. The molecule has 0 atom stereocenters. The molecule has 1 amide bonds. The van der Waals surface area contributed by atoms with Crippen LogP contribution in [0.4, 0.5) is 8.78 Å². The van der Waals surface area contributed by atoms with Crippen molar-refractivity contribution in [3.05, 3.63) is 29.8 Å². The molecule has 8 heteroatoms. The normalized spacial score (nSPS) is 17.3. The van der Waals surface area contributed by atoms with E-state index in [0.29, 0.717) is 25.5 Å². The summed E-state index contributed by atoms with van der Waals surface area (Å²) in [4.78, 5) is 12.6. The van der Waals surface area contributed by atoms with Crippen LogP contribution >= 0.6 is 0 Å². The second-order valence-corrected chi connectivity index (χ2v) is 6.97. The topological polar surface area (TPSA) is 57.7 Å². The van der Waals surface area contributed by atoms with E-state index < -0.39 is 26.6 Å². The highest BCUT2D eigenvalue weighted by atomic mass is 32.2. The summed E-state index contributed by atoms with van der Waals surface area (Å²) in [6, 6.07) is 2.36. The van der Waals surface area contributed by atoms with Gasteiger partial charge in [0.25, 0.3) is 0 Å². The van der Waals surface area contributed by atoms with Gasteiger partial charge in [-0.15, -0.1) is 0 Å². The highest BCUT2D eigenvalue weighted by molar-refractivity contribution is 7.89. The number of nitrogens with zero attached hydrogens (tertiary/aromatic N) is 2. The van der Waals surface area contributed by atoms with Crippen LogP contribution in [0.2, 0.25) is 0 Å². The Balaban J connectivity index is 2.23. The number of sulfonamides is 1. The van der Waals surface area contributed by atoms with Gasteiger partial charge in [0.15, 0.2) is 0 Å². The van der Waals surface area contributed by atoms with Crippen molar-refractivity contribution in [3.63, 3.8) is 0 Å². The molecule has 1 fully saturated rings. The zero-order valence-corrected chi connectivity index (χ0v) is 13.1. The third-order valence-corrected chi connectivity index (χ3v) is 5.53. The lowest BCUT2D eigenvalue weighted by Crippen LogP contribution is -2.37. The van der Waals surface area contributed by atoms with Gasteiger partial charge in [0.1, 0.15) is 16.5 Å². The van der Waals surface area contributed by atoms with Gasteiger partial charge in [-0.3, -0.25) is 4.79 Å². The number of benzene rings is 1. The van der Waals surface area contributed by atoms with Crippen LogP contribution in [-0.2, 0) is 14.8 Å². The molecule has 0 saturated carbocycles. The highest BCUT2D eigenvalue weighted by Crippen LogP contribution is 2.21. The molecule has 1 saturated heterocycles. The van der Waals surface area contributed by atoms with E-state index >= 15 is 0 Å². The average molecular weight is 332 g/mol. The van der Waals surface area contributed by atoms with E-state index in [-0.39, 0.29) is 25.5 Å². The van der Waals surface area contributed by atoms with Gasteiger partial charge in [-0.2, -0.15) is 4.31 Å². The number of hydrogen-bond donors (Lipinski definition) is 0. The first-order chi connectivity index (χ1) is 10.4. The number of carbonyl (C=O) groups is 1. The number of amides is 1. The molecule has 1 heterocycles. The minimum absolute atomic E-state index is 0.0452. The van der Waals surface area contributed by atoms with Gasteiger partial charge in [0.05, 0.1) is 0 Å². The Morgan fingerprint density at radius 3 is 2.59 bits per heavy atom. The quantitative estimate of drug-likeness (QED) is 0.845. The van der Waals surface area contributed by atoms with Gasteiger partial charge in [-0.05, 0) is 24.6 Å². The minimum Gasteiger partial charge on any atom is -0.341 e. The number of carbonyl (C=O) groups excluding carboxylic acids is 1. The Hall–Kier alpha value is -1.54. The van der Waals surface area contributed by atoms with Gasteiger partial charge in [-0.1, -0.05) is 6.92 Å². The first-order valence-corrected chi connectivity index (χ1v) is 8.53. The summed E-state index contributed by atoms with van der Waals surface area (Å²) >= 11 is 0. The Morgan fingerprint density at radius 2 is 1.91 bits per heavy atom. The largest absolute Gasteiger partial charge is 0.341 e. The van der Waals surface area contributed by atoms with Crippen molar-refractivity contribution in [2.45, 2.75) is 24.7 Å². The average Bonchev–Trinajstić information content (AvgIpc) is 2.75. The molecule has 0 N–H and O–H groups in total. The molecular weight excluding hydrogens is 314 g/mol. The van der Waals surface area contributed by atoms with E-state index in [9.17, 15) is 22.0 Å². The fraction of sp³-hybridized carbons (Fsp3) is 0.500. The fourth-order valence-electron chi connectivity index (χ4n) is 2.42. The molecule has 0 spiro atoms. The molecule has 1 aromatic carbocycles. The second-order valence-electron chi connectivity index (χ2n) is 5.07. The lowest BCUT2D eigenvalue weighted by molar-refractivity contribution is -0.130. The van der Waals surface area contributed by atoms with Crippen molar-refractivity contribution in [2.24, 2.45) is 0 Å². The van der Waals surface area contributed by atoms with E-state index in [1.54, 1.807) is 11.8 Å². The van der Waals surface area contributed by atoms with Crippen LogP contribution in [0.5, 0.6) is 0 Å². The molecule has 5 nitrogen and oxygen atoms in total. The third-order valence-electron chi connectivity index (χ3n) is 3.62. The zero-order valence-electron chi connectivity index (χ0n) is 12.3. The molecule has 0 radical (unpaired) electrons. The van der Waals surface area contributed by atoms with Crippen LogP contribution in [0.25, 0.3) is 0 Å². The van der Waals surface area contributed by atoms with Crippen molar-refractivity contribution in [1.82, 2.24) is 9.21 Å². The summed E-state index contributed by atoms with van der Waals surface area (Å²) in [7, 11) is -4.11. The summed E-state index contributed by atoms with van der Waals surface area (Å²) in [5.41, 5.74) is 0. The van der Waals surface area contributed by atoms with Crippen molar-refractivity contribution >= 4 is 15.9 Å². The molecule has 0 aliphatic carbocycles. The maximum absolute atomic E-state index is 13.7. The summed E-state index contributed by atoms with van der Waals surface area (Å²) in [6.07, 6.45) is 0.813. The standard InChI is InChI=1S/C14H18F2N2O3S/c1-2-14(19)17-6-3-7-18(9-8-17)22(20,21)13-10-11(15)4-5-12(13)16/h4-5,10H,2-3,6-9H2,1H3.